The van der Waals surface area contributed by atoms with Crippen LogP contribution in [-0.2, 0) is 0 Å². The van der Waals surface area contributed by atoms with Crippen LogP contribution in [0.3, 0.4) is 0 Å². The molecule has 1 aromatic carbocycles. The quantitative estimate of drug-likeness (QED) is 0.802. The van der Waals surface area contributed by atoms with Gasteiger partial charge in [-0.25, -0.2) is 4.98 Å². The predicted octanol–water partition coefficient (Wildman–Crippen LogP) is 4.61. The molecular weight excluding hydrogens is 282 g/mol. The van der Waals surface area contributed by atoms with Crippen molar-refractivity contribution in [2.75, 3.05) is 0 Å². The van der Waals surface area contributed by atoms with E-state index in [4.69, 9.17) is 0 Å². The van der Waals surface area contributed by atoms with Gasteiger partial charge in [-0.2, -0.15) is 0 Å². The molecule has 2 aromatic rings. The molecule has 1 heterocycles. The third-order valence-corrected chi connectivity index (χ3v) is 3.84. The van der Waals surface area contributed by atoms with E-state index in [-0.39, 0.29) is 0 Å². The van der Waals surface area contributed by atoms with Gasteiger partial charge in [0.25, 0.3) is 0 Å². The lowest BCUT2D eigenvalue weighted by Crippen LogP contribution is -1.83. The molecule has 82 valence electrons. The van der Waals surface area contributed by atoms with Crippen LogP contribution >= 0.6 is 27.7 Å². The van der Waals surface area contributed by atoms with Crippen molar-refractivity contribution in [2.24, 2.45) is 0 Å². The molecule has 0 saturated carbocycles. The molecule has 16 heavy (non-hydrogen) atoms. The molecule has 2 rings (SSSR count). The Bertz CT molecular complexity index is 494. The van der Waals surface area contributed by atoms with Crippen molar-refractivity contribution >= 4 is 27.7 Å². The molecule has 0 spiro atoms. The van der Waals surface area contributed by atoms with E-state index in [1.54, 1.807) is 11.8 Å². The molecular formula is C13H12BrNS. The highest BCUT2D eigenvalue weighted by Crippen LogP contribution is 2.29. The number of pyridine rings is 1. The van der Waals surface area contributed by atoms with Crippen molar-refractivity contribution in [3.8, 4) is 0 Å². The van der Waals surface area contributed by atoms with Crippen LogP contribution in [0.4, 0.5) is 0 Å². The van der Waals surface area contributed by atoms with Gasteiger partial charge in [0.2, 0.25) is 0 Å². The van der Waals surface area contributed by atoms with Crippen LogP contribution in [0.2, 0.25) is 0 Å². The Labute approximate surface area is 108 Å². The van der Waals surface area contributed by atoms with E-state index in [9.17, 15) is 0 Å². The Morgan fingerprint density at radius 3 is 2.56 bits per heavy atom. The van der Waals surface area contributed by atoms with Gasteiger partial charge in [-0.1, -0.05) is 29.5 Å². The zero-order valence-electron chi connectivity index (χ0n) is 9.20. The fourth-order valence-electron chi connectivity index (χ4n) is 1.45. The topological polar surface area (TPSA) is 12.9 Å². The van der Waals surface area contributed by atoms with Crippen LogP contribution in [0, 0.1) is 13.8 Å². The van der Waals surface area contributed by atoms with Crippen LogP contribution < -0.4 is 0 Å². The monoisotopic (exact) mass is 293 g/mol. The van der Waals surface area contributed by atoms with Crippen LogP contribution in [0.1, 0.15) is 11.1 Å². The smallest absolute Gasteiger partial charge is 0.101 e. The average Bonchev–Trinajstić information content (AvgIpc) is 2.25. The fourth-order valence-corrected chi connectivity index (χ4v) is 2.51. The van der Waals surface area contributed by atoms with Crippen LogP contribution in [-0.4, -0.2) is 4.98 Å². The Morgan fingerprint density at radius 1 is 1.12 bits per heavy atom. The van der Waals surface area contributed by atoms with Gasteiger partial charge in [-0.3, -0.25) is 0 Å². The van der Waals surface area contributed by atoms with Gasteiger partial charge >= 0.3 is 0 Å². The Morgan fingerprint density at radius 2 is 1.94 bits per heavy atom. The van der Waals surface area contributed by atoms with Crippen LogP contribution in [0.5, 0.6) is 0 Å². The highest BCUT2D eigenvalue weighted by atomic mass is 79.9. The number of benzene rings is 1. The maximum absolute atomic E-state index is 4.35. The molecule has 0 bridgehead atoms. The van der Waals surface area contributed by atoms with Crippen molar-refractivity contribution in [3.05, 3.63) is 52.1 Å². The SMILES string of the molecule is Cc1ccc(Sc2ccc(Br)cn2)c(C)c1. The summed E-state index contributed by atoms with van der Waals surface area (Å²) >= 11 is 5.08. The van der Waals surface area contributed by atoms with E-state index < -0.39 is 0 Å². The van der Waals surface area contributed by atoms with E-state index in [1.807, 2.05) is 18.3 Å². The summed E-state index contributed by atoms with van der Waals surface area (Å²) in [6.45, 7) is 4.24. The second-order valence-electron chi connectivity index (χ2n) is 3.69. The Kier molecular flexibility index (Phi) is 3.66. The molecule has 0 amide bonds. The number of nitrogens with zero attached hydrogens (tertiary/aromatic N) is 1. The molecule has 0 N–H and O–H groups in total. The number of rotatable bonds is 2. The van der Waals surface area contributed by atoms with Gasteiger partial charge in [-0.15, -0.1) is 0 Å². The number of halogens is 1. The zero-order chi connectivity index (χ0) is 11.5. The van der Waals surface area contributed by atoms with Gasteiger partial charge in [0.1, 0.15) is 5.03 Å². The maximum Gasteiger partial charge on any atom is 0.101 e. The summed E-state index contributed by atoms with van der Waals surface area (Å²) in [7, 11) is 0. The van der Waals surface area contributed by atoms with E-state index in [0.29, 0.717) is 0 Å². The van der Waals surface area contributed by atoms with Gasteiger partial charge in [0, 0.05) is 15.6 Å². The summed E-state index contributed by atoms with van der Waals surface area (Å²) in [4.78, 5) is 5.62. The van der Waals surface area contributed by atoms with E-state index in [1.165, 1.54) is 16.0 Å². The van der Waals surface area contributed by atoms with E-state index in [0.717, 1.165) is 9.50 Å². The predicted molar refractivity (Wildman–Crippen MR) is 72.0 cm³/mol. The lowest BCUT2D eigenvalue weighted by atomic mass is 10.2. The highest BCUT2D eigenvalue weighted by molar-refractivity contribution is 9.10. The minimum absolute atomic E-state index is 1.01. The number of hydrogen-bond acceptors (Lipinski definition) is 2. The molecule has 0 aliphatic heterocycles. The first-order valence-corrected chi connectivity index (χ1v) is 6.63. The number of hydrogen-bond donors (Lipinski definition) is 0. The summed E-state index contributed by atoms with van der Waals surface area (Å²) in [5.74, 6) is 0. The molecule has 0 atom stereocenters. The minimum Gasteiger partial charge on any atom is -0.248 e. The number of aryl methyl sites for hydroxylation is 2. The van der Waals surface area contributed by atoms with Crippen molar-refractivity contribution < 1.29 is 0 Å². The third-order valence-electron chi connectivity index (χ3n) is 2.25. The molecule has 1 aromatic heterocycles. The molecule has 0 radical (unpaired) electrons. The van der Waals surface area contributed by atoms with Crippen LogP contribution in [0.15, 0.2) is 50.9 Å². The second-order valence-corrected chi connectivity index (χ2v) is 5.66. The number of aromatic nitrogens is 1. The van der Waals surface area contributed by atoms with Crippen LogP contribution in [0.25, 0.3) is 0 Å². The lowest BCUT2D eigenvalue weighted by molar-refractivity contribution is 1.12. The van der Waals surface area contributed by atoms with Crippen molar-refractivity contribution in [2.45, 2.75) is 23.8 Å². The van der Waals surface area contributed by atoms with E-state index >= 15 is 0 Å². The first-order chi connectivity index (χ1) is 7.65. The van der Waals surface area contributed by atoms with Gasteiger partial charge in [0.05, 0.1) is 0 Å². The highest BCUT2D eigenvalue weighted by Gasteiger charge is 2.02. The first-order valence-electron chi connectivity index (χ1n) is 5.02. The lowest BCUT2D eigenvalue weighted by Gasteiger charge is -2.05. The molecule has 1 nitrogen and oxygen atoms in total. The van der Waals surface area contributed by atoms with E-state index in [2.05, 4.69) is 53.0 Å². The minimum atomic E-state index is 1.01. The zero-order valence-corrected chi connectivity index (χ0v) is 11.6. The Hall–Kier alpha value is -0.800. The van der Waals surface area contributed by atoms with Gasteiger partial charge in [0.15, 0.2) is 0 Å². The molecule has 0 aliphatic rings. The standard InChI is InChI=1S/C13H12BrNS/c1-9-3-5-12(10(2)7-9)16-13-6-4-11(14)8-15-13/h3-8H,1-2H3. The van der Waals surface area contributed by atoms with Gasteiger partial charge < -0.3 is 0 Å². The second kappa shape index (κ2) is 5.02. The first kappa shape index (κ1) is 11.7. The molecule has 3 heteroatoms. The maximum atomic E-state index is 4.35. The summed E-state index contributed by atoms with van der Waals surface area (Å²) in [6.07, 6.45) is 1.83. The molecule has 0 saturated heterocycles. The van der Waals surface area contributed by atoms with Crippen molar-refractivity contribution in [1.82, 2.24) is 4.98 Å². The normalized spacial score (nSPS) is 10.4. The average molecular weight is 294 g/mol. The largest absolute Gasteiger partial charge is 0.248 e. The summed E-state index contributed by atoms with van der Waals surface area (Å²) in [5, 5.41) is 1.02. The Balaban J connectivity index is 2.23. The molecule has 0 fully saturated rings. The van der Waals surface area contributed by atoms with Gasteiger partial charge in [-0.05, 0) is 53.5 Å². The van der Waals surface area contributed by atoms with Crippen molar-refractivity contribution in [1.29, 1.82) is 0 Å². The third kappa shape index (κ3) is 2.86. The summed E-state index contributed by atoms with van der Waals surface area (Å²) in [5.41, 5.74) is 2.60. The fraction of sp³-hybridized carbons (Fsp3) is 0.154. The summed E-state index contributed by atoms with van der Waals surface area (Å²) < 4.78 is 1.01. The molecule has 0 unspecified atom stereocenters. The summed E-state index contributed by atoms with van der Waals surface area (Å²) in [6, 6.07) is 10.5. The molecule has 0 aliphatic carbocycles. The van der Waals surface area contributed by atoms with Crippen molar-refractivity contribution in [3.63, 3.8) is 0 Å².